The summed E-state index contributed by atoms with van der Waals surface area (Å²) in [4.78, 5) is 30.7. The minimum atomic E-state index is -0.193. The van der Waals surface area contributed by atoms with Crippen LogP contribution in [-0.4, -0.2) is 49.0 Å². The first kappa shape index (κ1) is 20.7. The van der Waals surface area contributed by atoms with Gasteiger partial charge < -0.3 is 14.8 Å². The number of amides is 2. The molecular formula is C24H25N3O4. The second kappa shape index (κ2) is 9.04. The van der Waals surface area contributed by atoms with Gasteiger partial charge in [-0.15, -0.1) is 0 Å². The fraction of sp³-hybridized carbons (Fsp3) is 0.292. The van der Waals surface area contributed by atoms with E-state index < -0.39 is 0 Å². The number of pyridine rings is 1. The van der Waals surface area contributed by atoms with E-state index in [0.29, 0.717) is 29.2 Å². The predicted molar refractivity (Wildman–Crippen MR) is 119 cm³/mol. The molecular weight excluding hydrogens is 394 g/mol. The Morgan fingerprint density at radius 1 is 0.935 bits per heavy atom. The summed E-state index contributed by atoms with van der Waals surface area (Å²) < 4.78 is 11.0. The van der Waals surface area contributed by atoms with Crippen LogP contribution in [0.25, 0.3) is 10.9 Å². The van der Waals surface area contributed by atoms with Gasteiger partial charge in [-0.3, -0.25) is 19.5 Å². The van der Waals surface area contributed by atoms with E-state index in [9.17, 15) is 9.59 Å². The summed E-state index contributed by atoms with van der Waals surface area (Å²) >= 11 is 0. The molecule has 31 heavy (non-hydrogen) atoms. The lowest BCUT2D eigenvalue weighted by molar-refractivity contribution is 0.0651. The van der Waals surface area contributed by atoms with Gasteiger partial charge in [-0.05, 0) is 43.5 Å². The second-order valence-electron chi connectivity index (χ2n) is 7.35. The maximum absolute atomic E-state index is 12.4. The van der Waals surface area contributed by atoms with E-state index in [1.54, 1.807) is 44.7 Å². The van der Waals surface area contributed by atoms with Gasteiger partial charge in [0.1, 0.15) is 0 Å². The van der Waals surface area contributed by atoms with Crippen LogP contribution in [-0.2, 0) is 0 Å². The SMILES string of the molecule is COc1cc(NCCCCCN2C(=O)c3ccccc3C2=O)c2ncccc2c1OC. The van der Waals surface area contributed by atoms with Crippen molar-refractivity contribution in [2.24, 2.45) is 0 Å². The van der Waals surface area contributed by atoms with Crippen molar-refractivity contribution in [2.75, 3.05) is 32.6 Å². The average Bonchev–Trinajstić information content (AvgIpc) is 3.05. The number of nitrogens with one attached hydrogen (secondary N) is 1. The minimum Gasteiger partial charge on any atom is -0.493 e. The number of methoxy groups -OCH3 is 2. The number of unbranched alkanes of at least 4 members (excludes halogenated alkanes) is 2. The first-order valence-electron chi connectivity index (χ1n) is 10.3. The zero-order valence-corrected chi connectivity index (χ0v) is 17.7. The molecule has 1 aliphatic heterocycles. The number of aromatic nitrogens is 1. The van der Waals surface area contributed by atoms with Crippen molar-refractivity contribution < 1.29 is 19.1 Å². The van der Waals surface area contributed by atoms with Crippen LogP contribution in [0.4, 0.5) is 5.69 Å². The predicted octanol–water partition coefficient (Wildman–Crippen LogP) is 4.13. The van der Waals surface area contributed by atoms with Crippen LogP contribution in [0.1, 0.15) is 40.0 Å². The average molecular weight is 419 g/mol. The van der Waals surface area contributed by atoms with Crippen LogP contribution >= 0.6 is 0 Å². The first-order chi connectivity index (χ1) is 15.2. The Bertz CT molecular complexity index is 1090. The molecule has 0 atom stereocenters. The molecule has 0 aliphatic carbocycles. The number of rotatable bonds is 9. The molecule has 0 radical (unpaired) electrons. The van der Waals surface area contributed by atoms with Crippen LogP contribution in [0.15, 0.2) is 48.7 Å². The number of nitrogens with zero attached hydrogens (tertiary/aromatic N) is 2. The van der Waals surface area contributed by atoms with Crippen molar-refractivity contribution >= 4 is 28.4 Å². The monoisotopic (exact) mass is 419 g/mol. The van der Waals surface area contributed by atoms with Crippen LogP contribution in [0.3, 0.4) is 0 Å². The van der Waals surface area contributed by atoms with Crippen molar-refractivity contribution in [3.8, 4) is 11.5 Å². The number of anilines is 1. The maximum Gasteiger partial charge on any atom is 0.261 e. The molecule has 0 bridgehead atoms. The smallest absolute Gasteiger partial charge is 0.261 e. The molecule has 0 unspecified atom stereocenters. The molecule has 7 heteroatoms. The lowest BCUT2D eigenvalue weighted by Gasteiger charge is -2.16. The van der Waals surface area contributed by atoms with E-state index in [2.05, 4.69) is 10.3 Å². The molecule has 0 spiro atoms. The Morgan fingerprint density at radius 2 is 1.68 bits per heavy atom. The lowest BCUT2D eigenvalue weighted by Crippen LogP contribution is -2.30. The molecule has 0 fully saturated rings. The van der Waals surface area contributed by atoms with Gasteiger partial charge in [-0.25, -0.2) is 0 Å². The molecule has 2 aromatic carbocycles. The third-order valence-corrected chi connectivity index (χ3v) is 5.48. The van der Waals surface area contributed by atoms with Crippen molar-refractivity contribution in [1.82, 2.24) is 9.88 Å². The molecule has 4 rings (SSSR count). The summed E-state index contributed by atoms with van der Waals surface area (Å²) in [6, 6.07) is 12.7. The number of ether oxygens (including phenoxy) is 2. The van der Waals surface area contributed by atoms with E-state index in [0.717, 1.165) is 42.4 Å². The summed E-state index contributed by atoms with van der Waals surface area (Å²) in [5, 5.41) is 4.31. The van der Waals surface area contributed by atoms with Gasteiger partial charge in [0, 0.05) is 30.7 Å². The Hall–Kier alpha value is -3.61. The van der Waals surface area contributed by atoms with E-state index >= 15 is 0 Å². The third kappa shape index (κ3) is 3.91. The highest BCUT2D eigenvalue weighted by molar-refractivity contribution is 6.21. The molecule has 0 saturated heterocycles. The minimum absolute atomic E-state index is 0.193. The zero-order valence-electron chi connectivity index (χ0n) is 17.7. The Kier molecular flexibility index (Phi) is 6.02. The van der Waals surface area contributed by atoms with Gasteiger partial charge in [0.05, 0.1) is 36.6 Å². The number of carbonyl (C=O) groups is 2. The molecule has 2 heterocycles. The Balaban J connectivity index is 1.32. The zero-order chi connectivity index (χ0) is 21.8. The topological polar surface area (TPSA) is 80.8 Å². The molecule has 1 aliphatic rings. The number of hydrogen-bond donors (Lipinski definition) is 1. The molecule has 1 N–H and O–H groups in total. The third-order valence-electron chi connectivity index (χ3n) is 5.48. The van der Waals surface area contributed by atoms with E-state index in [1.807, 2.05) is 18.2 Å². The molecule has 1 aromatic heterocycles. The number of hydrogen-bond acceptors (Lipinski definition) is 6. The Morgan fingerprint density at radius 3 is 2.35 bits per heavy atom. The van der Waals surface area contributed by atoms with Crippen LogP contribution in [0.2, 0.25) is 0 Å². The summed E-state index contributed by atoms with van der Waals surface area (Å²) in [7, 11) is 3.23. The Labute approximate surface area is 181 Å². The maximum atomic E-state index is 12.4. The highest BCUT2D eigenvalue weighted by Gasteiger charge is 2.34. The van der Waals surface area contributed by atoms with Gasteiger partial charge in [-0.2, -0.15) is 0 Å². The van der Waals surface area contributed by atoms with Crippen molar-refractivity contribution in [3.63, 3.8) is 0 Å². The van der Waals surface area contributed by atoms with Gasteiger partial charge >= 0.3 is 0 Å². The van der Waals surface area contributed by atoms with Gasteiger partial charge in [0.15, 0.2) is 11.5 Å². The lowest BCUT2D eigenvalue weighted by atomic mass is 10.1. The summed E-state index contributed by atoms with van der Waals surface area (Å²) in [6.07, 6.45) is 4.30. The van der Waals surface area contributed by atoms with Crippen molar-refractivity contribution in [1.29, 1.82) is 0 Å². The number of fused-ring (bicyclic) bond motifs is 2. The molecule has 2 amide bonds. The van der Waals surface area contributed by atoms with Crippen molar-refractivity contribution in [2.45, 2.75) is 19.3 Å². The normalized spacial score (nSPS) is 12.9. The second-order valence-corrected chi connectivity index (χ2v) is 7.35. The summed E-state index contributed by atoms with van der Waals surface area (Å²) in [6.45, 7) is 1.18. The van der Waals surface area contributed by atoms with Crippen LogP contribution in [0.5, 0.6) is 11.5 Å². The van der Waals surface area contributed by atoms with Gasteiger partial charge in [0.25, 0.3) is 11.8 Å². The summed E-state index contributed by atoms with van der Waals surface area (Å²) in [5.74, 6) is 0.927. The standard InChI is InChI=1S/C24H25N3O4/c1-30-20-15-19(21-18(22(20)31-2)11-8-13-26-21)25-12-6-3-7-14-27-23(28)16-9-4-5-10-17(16)24(27)29/h4-5,8-11,13,15,25H,3,6-7,12,14H2,1-2H3. The van der Waals surface area contributed by atoms with Gasteiger partial charge in [-0.1, -0.05) is 12.1 Å². The van der Waals surface area contributed by atoms with E-state index in [1.165, 1.54) is 4.90 Å². The number of carbonyl (C=O) groups excluding carboxylic acids is 2. The molecule has 160 valence electrons. The molecule has 3 aromatic rings. The quantitative estimate of drug-likeness (QED) is 0.415. The van der Waals surface area contributed by atoms with Crippen LogP contribution in [0, 0.1) is 0 Å². The number of benzene rings is 2. The van der Waals surface area contributed by atoms with E-state index in [-0.39, 0.29) is 11.8 Å². The fourth-order valence-corrected chi connectivity index (χ4v) is 3.93. The van der Waals surface area contributed by atoms with Gasteiger partial charge in [0.2, 0.25) is 0 Å². The molecule has 0 saturated carbocycles. The largest absolute Gasteiger partial charge is 0.493 e. The first-order valence-corrected chi connectivity index (χ1v) is 10.3. The summed E-state index contributed by atoms with van der Waals surface area (Å²) in [5.41, 5.74) is 2.71. The highest BCUT2D eigenvalue weighted by Crippen LogP contribution is 2.39. The fourth-order valence-electron chi connectivity index (χ4n) is 3.93. The van der Waals surface area contributed by atoms with E-state index in [4.69, 9.17) is 9.47 Å². The number of imide groups is 1. The van der Waals surface area contributed by atoms with Crippen LogP contribution < -0.4 is 14.8 Å². The van der Waals surface area contributed by atoms with Crippen molar-refractivity contribution in [3.05, 3.63) is 59.8 Å². The molecule has 7 nitrogen and oxygen atoms in total. The highest BCUT2D eigenvalue weighted by atomic mass is 16.5.